The van der Waals surface area contributed by atoms with Crippen LogP contribution < -0.4 is 9.64 Å². The van der Waals surface area contributed by atoms with Gasteiger partial charge in [0.15, 0.2) is 5.16 Å². The molecule has 0 atom stereocenters. The minimum atomic E-state index is -0.0666. The Morgan fingerprint density at radius 3 is 2.79 bits per heavy atom. The Balaban J connectivity index is 1.50. The van der Waals surface area contributed by atoms with Gasteiger partial charge in [0.25, 0.3) is 0 Å². The average molecular weight is 398 g/mol. The highest BCUT2D eigenvalue weighted by atomic mass is 32.2. The highest BCUT2D eigenvalue weighted by Crippen LogP contribution is 2.46. The van der Waals surface area contributed by atoms with E-state index in [1.807, 2.05) is 24.3 Å². The number of benzene rings is 1. The summed E-state index contributed by atoms with van der Waals surface area (Å²) in [6.07, 6.45) is 4.95. The highest BCUT2D eigenvalue weighted by molar-refractivity contribution is 7.99. The minimum absolute atomic E-state index is 0.0666. The Morgan fingerprint density at radius 2 is 2.11 bits per heavy atom. The number of amides is 1. The molecule has 28 heavy (non-hydrogen) atoms. The molecule has 2 aromatic rings. The van der Waals surface area contributed by atoms with E-state index >= 15 is 0 Å². The molecule has 0 spiro atoms. The van der Waals surface area contributed by atoms with Crippen LogP contribution >= 0.6 is 11.8 Å². The second-order valence-electron chi connectivity index (χ2n) is 7.13. The number of carbonyl (C=O) groups is 1. The first-order valence-electron chi connectivity index (χ1n) is 9.61. The lowest BCUT2D eigenvalue weighted by Gasteiger charge is -2.23. The molecule has 1 aromatic heterocycles. The van der Waals surface area contributed by atoms with Crippen LogP contribution in [0, 0.1) is 11.3 Å². The maximum Gasteiger partial charge on any atom is 0.237 e. The molecule has 2 saturated carbocycles. The van der Waals surface area contributed by atoms with Gasteiger partial charge in [-0.1, -0.05) is 23.9 Å². The van der Waals surface area contributed by atoms with E-state index in [-0.39, 0.29) is 18.1 Å². The molecule has 0 saturated heterocycles. The van der Waals surface area contributed by atoms with Gasteiger partial charge in [0.1, 0.15) is 11.6 Å². The molecule has 8 heteroatoms. The summed E-state index contributed by atoms with van der Waals surface area (Å²) in [6, 6.07) is 10.0. The fraction of sp³-hybridized carbons (Fsp3) is 0.500. The zero-order valence-corrected chi connectivity index (χ0v) is 16.7. The van der Waals surface area contributed by atoms with Crippen molar-refractivity contribution in [1.82, 2.24) is 14.8 Å². The zero-order chi connectivity index (χ0) is 19.5. The number of methoxy groups -OCH3 is 1. The van der Waals surface area contributed by atoms with Crippen LogP contribution in [0.2, 0.25) is 0 Å². The van der Waals surface area contributed by atoms with Crippen LogP contribution in [0.3, 0.4) is 0 Å². The third kappa shape index (κ3) is 3.99. The molecule has 0 N–H and O–H groups in total. The summed E-state index contributed by atoms with van der Waals surface area (Å²) in [5.41, 5.74) is 0.688. The highest BCUT2D eigenvalue weighted by Gasteiger charge is 2.36. The molecular formula is C20H23N5O2S. The third-order valence-corrected chi connectivity index (χ3v) is 5.92. The largest absolute Gasteiger partial charge is 0.495 e. The molecule has 4 rings (SSSR count). The van der Waals surface area contributed by atoms with E-state index in [1.54, 1.807) is 12.0 Å². The molecule has 2 fully saturated rings. The standard InChI is InChI=1S/C20H23N5O2S/c1-27-17-6-3-2-5-16(17)24(12-4-11-21)18(26)13-28-20-23-22-19(14-7-8-14)25(20)15-9-10-15/h2-3,5-6,14-15H,4,7-10,12-13H2,1H3. The van der Waals surface area contributed by atoms with Crippen molar-refractivity contribution < 1.29 is 9.53 Å². The molecule has 0 bridgehead atoms. The summed E-state index contributed by atoms with van der Waals surface area (Å²) in [5, 5.41) is 18.6. The number of aromatic nitrogens is 3. The molecule has 2 aliphatic rings. The zero-order valence-electron chi connectivity index (χ0n) is 15.9. The van der Waals surface area contributed by atoms with Crippen molar-refractivity contribution in [3.05, 3.63) is 30.1 Å². The molecule has 0 radical (unpaired) electrons. The van der Waals surface area contributed by atoms with Gasteiger partial charge in [-0.05, 0) is 37.8 Å². The van der Waals surface area contributed by atoms with E-state index in [0.29, 0.717) is 29.9 Å². The molecule has 1 aromatic carbocycles. The quantitative estimate of drug-likeness (QED) is 0.602. The number of rotatable bonds is 9. The van der Waals surface area contributed by atoms with Crippen LogP contribution in [-0.4, -0.2) is 40.1 Å². The topological polar surface area (TPSA) is 84.0 Å². The monoisotopic (exact) mass is 397 g/mol. The minimum Gasteiger partial charge on any atom is -0.495 e. The van der Waals surface area contributed by atoms with E-state index in [9.17, 15) is 4.79 Å². The SMILES string of the molecule is COc1ccccc1N(CCC#N)C(=O)CSc1nnc(C2CC2)n1C1CC1. The van der Waals surface area contributed by atoms with Crippen molar-refractivity contribution in [2.75, 3.05) is 24.3 Å². The van der Waals surface area contributed by atoms with Crippen molar-refractivity contribution >= 4 is 23.4 Å². The van der Waals surface area contributed by atoms with Gasteiger partial charge in [0, 0.05) is 18.5 Å². The predicted octanol–water partition coefficient (Wildman–Crippen LogP) is 3.54. The van der Waals surface area contributed by atoms with E-state index in [2.05, 4.69) is 20.8 Å². The van der Waals surface area contributed by atoms with Gasteiger partial charge in [0.2, 0.25) is 5.91 Å². The fourth-order valence-electron chi connectivity index (χ4n) is 3.28. The lowest BCUT2D eigenvalue weighted by Crippen LogP contribution is -2.33. The number of para-hydroxylation sites is 2. The summed E-state index contributed by atoms with van der Waals surface area (Å²) in [6.45, 7) is 0.332. The summed E-state index contributed by atoms with van der Waals surface area (Å²) < 4.78 is 7.65. The Kier molecular flexibility index (Phi) is 5.53. The maximum atomic E-state index is 13.0. The smallest absolute Gasteiger partial charge is 0.237 e. The van der Waals surface area contributed by atoms with Crippen LogP contribution in [0.5, 0.6) is 5.75 Å². The molecule has 0 aliphatic heterocycles. The molecule has 146 valence electrons. The normalized spacial score (nSPS) is 15.9. The molecule has 7 nitrogen and oxygen atoms in total. The Morgan fingerprint density at radius 1 is 1.32 bits per heavy atom. The first-order valence-corrected chi connectivity index (χ1v) is 10.6. The Labute approximate surface area is 168 Å². The van der Waals surface area contributed by atoms with Gasteiger partial charge in [0.05, 0.1) is 31.0 Å². The van der Waals surface area contributed by atoms with Crippen molar-refractivity contribution in [1.29, 1.82) is 5.26 Å². The Hall–Kier alpha value is -2.53. The van der Waals surface area contributed by atoms with Crippen LogP contribution in [0.1, 0.15) is 49.9 Å². The summed E-state index contributed by atoms with van der Waals surface area (Å²) >= 11 is 1.43. The number of hydrogen-bond donors (Lipinski definition) is 0. The van der Waals surface area contributed by atoms with E-state index in [4.69, 9.17) is 10.00 Å². The van der Waals surface area contributed by atoms with Crippen molar-refractivity contribution in [3.63, 3.8) is 0 Å². The molecule has 1 amide bonds. The van der Waals surface area contributed by atoms with E-state index in [1.165, 1.54) is 24.6 Å². The first kappa shape index (κ1) is 18.8. The van der Waals surface area contributed by atoms with Crippen LogP contribution in [-0.2, 0) is 4.79 Å². The molecule has 2 aliphatic carbocycles. The van der Waals surface area contributed by atoms with Gasteiger partial charge >= 0.3 is 0 Å². The van der Waals surface area contributed by atoms with Gasteiger partial charge in [-0.15, -0.1) is 10.2 Å². The lowest BCUT2D eigenvalue weighted by molar-refractivity contribution is -0.116. The second-order valence-corrected chi connectivity index (χ2v) is 8.07. The van der Waals surface area contributed by atoms with Crippen molar-refractivity contribution in [2.24, 2.45) is 0 Å². The molecule has 1 heterocycles. The van der Waals surface area contributed by atoms with Crippen LogP contribution in [0.25, 0.3) is 0 Å². The number of nitrogens with zero attached hydrogens (tertiary/aromatic N) is 5. The molecule has 0 unspecified atom stereocenters. The van der Waals surface area contributed by atoms with Crippen molar-refractivity contribution in [3.8, 4) is 11.8 Å². The number of nitriles is 1. The number of ether oxygens (including phenoxy) is 1. The fourth-order valence-corrected chi connectivity index (χ4v) is 4.17. The van der Waals surface area contributed by atoms with Crippen molar-refractivity contribution in [2.45, 2.75) is 49.2 Å². The van der Waals surface area contributed by atoms with Gasteiger partial charge in [-0.25, -0.2) is 0 Å². The van der Waals surface area contributed by atoms with E-state index in [0.717, 1.165) is 23.8 Å². The Bertz CT molecular complexity index is 898. The third-order valence-electron chi connectivity index (χ3n) is 4.99. The molecular weight excluding hydrogens is 374 g/mol. The first-order chi connectivity index (χ1) is 13.7. The average Bonchev–Trinajstić information content (AvgIpc) is 3.65. The van der Waals surface area contributed by atoms with Gasteiger partial charge < -0.3 is 14.2 Å². The predicted molar refractivity (Wildman–Crippen MR) is 107 cm³/mol. The van der Waals surface area contributed by atoms with Gasteiger partial charge in [-0.2, -0.15) is 5.26 Å². The number of thioether (sulfide) groups is 1. The number of carbonyl (C=O) groups excluding carboxylic acids is 1. The summed E-state index contributed by atoms with van der Waals surface area (Å²) in [5.74, 6) is 2.43. The summed E-state index contributed by atoms with van der Waals surface area (Å²) in [4.78, 5) is 14.7. The maximum absolute atomic E-state index is 13.0. The van der Waals surface area contributed by atoms with Crippen LogP contribution in [0.15, 0.2) is 29.4 Å². The summed E-state index contributed by atoms with van der Waals surface area (Å²) in [7, 11) is 1.58. The van der Waals surface area contributed by atoms with Crippen LogP contribution in [0.4, 0.5) is 5.69 Å². The lowest BCUT2D eigenvalue weighted by atomic mass is 10.2. The second kappa shape index (κ2) is 8.23. The van der Waals surface area contributed by atoms with Gasteiger partial charge in [-0.3, -0.25) is 4.79 Å². The number of hydrogen-bond acceptors (Lipinski definition) is 6. The van der Waals surface area contributed by atoms with E-state index < -0.39 is 0 Å². The number of anilines is 1.